The first-order valence-electron chi connectivity index (χ1n) is 2.30. The van der Waals surface area contributed by atoms with Crippen molar-refractivity contribution in [3.63, 3.8) is 0 Å². The number of aldehydes is 1. The molecule has 0 aromatic rings. The zero-order chi connectivity index (χ0) is 6.41. The van der Waals surface area contributed by atoms with Crippen LogP contribution in [0.25, 0.3) is 0 Å². The van der Waals surface area contributed by atoms with Crippen molar-refractivity contribution in [2.75, 3.05) is 6.54 Å². The van der Waals surface area contributed by atoms with E-state index in [9.17, 15) is 4.79 Å². The van der Waals surface area contributed by atoms with Crippen LogP contribution < -0.4 is 0 Å². The number of hydrogen-bond donors (Lipinski definition) is 0. The van der Waals surface area contributed by atoms with E-state index in [-0.39, 0.29) is 5.92 Å². The third kappa shape index (κ3) is 3.65. The predicted molar refractivity (Wildman–Crippen MR) is 35.1 cm³/mol. The van der Waals surface area contributed by atoms with Crippen LogP contribution in [0.5, 0.6) is 0 Å². The van der Waals surface area contributed by atoms with E-state index in [0.717, 1.165) is 6.29 Å². The Balaban J connectivity index is 3.38. The summed E-state index contributed by atoms with van der Waals surface area (Å²) in [6, 6.07) is 0. The van der Waals surface area contributed by atoms with Gasteiger partial charge >= 0.3 is 0 Å². The van der Waals surface area contributed by atoms with E-state index in [1.54, 1.807) is 6.92 Å². The average Bonchev–Trinajstić information content (AvgIpc) is 1.83. The van der Waals surface area contributed by atoms with Gasteiger partial charge in [0, 0.05) is 5.92 Å². The van der Waals surface area contributed by atoms with E-state index in [0.29, 0.717) is 6.54 Å². The van der Waals surface area contributed by atoms with Gasteiger partial charge in [0.1, 0.15) is 6.29 Å². The molecule has 1 atom stereocenters. The lowest BCUT2D eigenvalue weighted by Crippen LogP contribution is -1.98. The largest absolute Gasteiger partial charge is 0.303 e. The molecule has 0 aliphatic rings. The van der Waals surface area contributed by atoms with Gasteiger partial charge < -0.3 is 4.79 Å². The highest BCUT2D eigenvalue weighted by molar-refractivity contribution is 7.78. The fourth-order valence-electron chi connectivity index (χ4n) is 0.224. The monoisotopic (exact) mass is 129 g/mol. The molecule has 2 nitrogen and oxygen atoms in total. The van der Waals surface area contributed by atoms with E-state index >= 15 is 0 Å². The van der Waals surface area contributed by atoms with E-state index in [4.69, 9.17) is 0 Å². The molecule has 0 aliphatic carbocycles. The quantitative estimate of drug-likeness (QED) is 0.322. The zero-order valence-electron chi connectivity index (χ0n) is 4.63. The minimum absolute atomic E-state index is 0.0227. The molecule has 1 unspecified atom stereocenters. The molecule has 3 heteroatoms. The molecule has 0 heterocycles. The number of nitrogens with zero attached hydrogens (tertiary/aromatic N) is 1. The molecule has 0 saturated carbocycles. The number of thiocarbonyl (C=S) groups is 1. The van der Waals surface area contributed by atoms with Gasteiger partial charge in [-0.15, -0.1) is 0 Å². The van der Waals surface area contributed by atoms with Gasteiger partial charge in [0.25, 0.3) is 0 Å². The molecule has 0 saturated heterocycles. The topological polar surface area (TPSA) is 29.4 Å². The Morgan fingerprint density at radius 1 is 2.00 bits per heavy atom. The Hall–Kier alpha value is -0.530. The van der Waals surface area contributed by atoms with Crippen LogP contribution >= 0.6 is 12.2 Å². The Bertz CT molecular complexity index is 118. The maximum Gasteiger partial charge on any atom is 0.124 e. The molecule has 0 aliphatic heterocycles. The average molecular weight is 129 g/mol. The van der Waals surface area contributed by atoms with Crippen molar-refractivity contribution in [3.05, 3.63) is 0 Å². The fourth-order valence-corrected chi connectivity index (χ4v) is 0.299. The highest BCUT2D eigenvalue weighted by atomic mass is 32.1. The zero-order valence-corrected chi connectivity index (χ0v) is 5.44. The van der Waals surface area contributed by atoms with Crippen molar-refractivity contribution in [2.45, 2.75) is 6.92 Å². The first kappa shape index (κ1) is 7.47. The SMILES string of the molecule is CC(C=O)CN=C=S. The minimum Gasteiger partial charge on any atom is -0.303 e. The third-order valence-electron chi connectivity index (χ3n) is 0.676. The van der Waals surface area contributed by atoms with Crippen molar-refractivity contribution in [3.8, 4) is 0 Å². The second kappa shape index (κ2) is 4.62. The van der Waals surface area contributed by atoms with Crippen LogP contribution in [0, 0.1) is 5.92 Å². The number of rotatable bonds is 3. The van der Waals surface area contributed by atoms with Crippen LogP contribution in [0.15, 0.2) is 4.99 Å². The standard InChI is InChI=1S/C5H7NOS/c1-5(3-7)2-6-4-8/h3,5H,2H2,1H3. The predicted octanol–water partition coefficient (Wildman–Crippen LogP) is 0.924. The Morgan fingerprint density at radius 3 is 3.00 bits per heavy atom. The summed E-state index contributed by atoms with van der Waals surface area (Å²) in [4.78, 5) is 13.5. The molecule has 0 bridgehead atoms. The van der Waals surface area contributed by atoms with Gasteiger partial charge in [0.15, 0.2) is 0 Å². The normalized spacial score (nSPS) is 11.6. The third-order valence-corrected chi connectivity index (χ3v) is 0.805. The van der Waals surface area contributed by atoms with Crippen LogP contribution in [0.3, 0.4) is 0 Å². The van der Waals surface area contributed by atoms with Crippen LogP contribution in [-0.2, 0) is 4.79 Å². The Labute approximate surface area is 53.6 Å². The van der Waals surface area contributed by atoms with Crippen LogP contribution in [0.4, 0.5) is 0 Å². The van der Waals surface area contributed by atoms with Crippen molar-refractivity contribution in [1.82, 2.24) is 0 Å². The highest BCUT2D eigenvalue weighted by Gasteiger charge is 1.93. The van der Waals surface area contributed by atoms with Gasteiger partial charge in [-0.25, -0.2) is 4.99 Å². The van der Waals surface area contributed by atoms with Gasteiger partial charge in [-0.3, -0.25) is 0 Å². The molecule has 0 fully saturated rings. The van der Waals surface area contributed by atoms with Gasteiger partial charge in [-0.1, -0.05) is 6.92 Å². The lowest BCUT2D eigenvalue weighted by Gasteiger charge is -1.90. The molecule has 0 aromatic carbocycles. The van der Waals surface area contributed by atoms with Gasteiger partial charge in [0.2, 0.25) is 0 Å². The summed E-state index contributed by atoms with van der Waals surface area (Å²) in [5.41, 5.74) is 0. The molecular formula is C5H7NOS. The summed E-state index contributed by atoms with van der Waals surface area (Å²) < 4.78 is 0. The highest BCUT2D eigenvalue weighted by Crippen LogP contribution is 1.86. The Morgan fingerprint density at radius 2 is 2.62 bits per heavy atom. The van der Waals surface area contributed by atoms with Gasteiger partial charge in [-0.2, -0.15) is 0 Å². The van der Waals surface area contributed by atoms with E-state index < -0.39 is 0 Å². The van der Waals surface area contributed by atoms with E-state index in [2.05, 4.69) is 22.4 Å². The second-order valence-corrected chi connectivity index (χ2v) is 1.73. The van der Waals surface area contributed by atoms with Crippen LogP contribution in [-0.4, -0.2) is 18.0 Å². The number of carbonyl (C=O) groups excluding carboxylic acids is 1. The summed E-state index contributed by atoms with van der Waals surface area (Å²) in [7, 11) is 0. The summed E-state index contributed by atoms with van der Waals surface area (Å²) in [6.07, 6.45) is 0.843. The van der Waals surface area contributed by atoms with E-state index in [1.165, 1.54) is 0 Å². The minimum atomic E-state index is -0.0227. The first-order chi connectivity index (χ1) is 3.81. The fraction of sp³-hybridized carbons (Fsp3) is 0.600. The number of hydrogen-bond acceptors (Lipinski definition) is 3. The molecule has 0 aromatic heterocycles. The molecule has 0 spiro atoms. The smallest absolute Gasteiger partial charge is 0.124 e. The van der Waals surface area contributed by atoms with Crippen LogP contribution in [0.2, 0.25) is 0 Å². The molecule has 0 amide bonds. The van der Waals surface area contributed by atoms with Crippen molar-refractivity contribution < 1.29 is 4.79 Å². The molecule has 44 valence electrons. The van der Waals surface area contributed by atoms with Gasteiger partial charge in [-0.05, 0) is 12.2 Å². The first-order valence-corrected chi connectivity index (χ1v) is 2.71. The second-order valence-electron chi connectivity index (χ2n) is 1.55. The van der Waals surface area contributed by atoms with Crippen molar-refractivity contribution in [1.29, 1.82) is 0 Å². The summed E-state index contributed by atoms with van der Waals surface area (Å²) in [5.74, 6) is -0.0227. The molecule has 8 heavy (non-hydrogen) atoms. The molecule has 0 rings (SSSR count). The maximum atomic E-state index is 9.89. The number of carbonyl (C=O) groups is 1. The summed E-state index contributed by atoms with van der Waals surface area (Å²) in [6.45, 7) is 2.25. The number of isothiocyanates is 1. The van der Waals surface area contributed by atoms with E-state index in [1.807, 2.05) is 0 Å². The van der Waals surface area contributed by atoms with Crippen LogP contribution in [0.1, 0.15) is 6.92 Å². The summed E-state index contributed by atoms with van der Waals surface area (Å²) in [5, 5.41) is 2.18. The lowest BCUT2D eigenvalue weighted by atomic mass is 10.2. The lowest BCUT2D eigenvalue weighted by molar-refractivity contribution is -0.110. The molecule has 0 radical (unpaired) electrons. The molecule has 0 N–H and O–H groups in total. The Kier molecular flexibility index (Phi) is 4.32. The maximum absolute atomic E-state index is 9.89. The van der Waals surface area contributed by atoms with Crippen molar-refractivity contribution >= 4 is 23.7 Å². The molecular weight excluding hydrogens is 122 g/mol. The van der Waals surface area contributed by atoms with Gasteiger partial charge in [0.05, 0.1) is 11.7 Å². The summed E-state index contributed by atoms with van der Waals surface area (Å²) >= 11 is 4.29. The number of aliphatic imine (C=N–C) groups is 1. The van der Waals surface area contributed by atoms with Crippen molar-refractivity contribution in [2.24, 2.45) is 10.9 Å².